The third-order valence-electron chi connectivity index (χ3n) is 3.20. The zero-order valence-electron chi connectivity index (χ0n) is 11.6. The van der Waals surface area contributed by atoms with E-state index < -0.39 is 0 Å². The van der Waals surface area contributed by atoms with Crippen molar-refractivity contribution in [2.24, 2.45) is 5.92 Å². The third-order valence-corrected chi connectivity index (χ3v) is 3.89. The lowest BCUT2D eigenvalue weighted by Gasteiger charge is -2.18. The van der Waals surface area contributed by atoms with Gasteiger partial charge in [0, 0.05) is 10.5 Å². The lowest BCUT2D eigenvalue weighted by atomic mass is 10.00. The molecule has 0 aliphatic carbocycles. The maximum atomic E-state index is 12.2. The molecule has 0 saturated heterocycles. The van der Waals surface area contributed by atoms with Crippen LogP contribution in [-0.4, -0.2) is 11.9 Å². The van der Waals surface area contributed by atoms with Crippen LogP contribution in [-0.2, 0) is 0 Å². The Balaban J connectivity index is 2.67. The molecule has 1 aromatic rings. The van der Waals surface area contributed by atoms with E-state index in [2.05, 4.69) is 42.0 Å². The molecule has 0 radical (unpaired) electrons. The van der Waals surface area contributed by atoms with Gasteiger partial charge in [-0.1, -0.05) is 31.9 Å². The van der Waals surface area contributed by atoms with E-state index in [-0.39, 0.29) is 11.9 Å². The summed E-state index contributed by atoms with van der Waals surface area (Å²) < 4.78 is 0.848. The van der Waals surface area contributed by atoms with Gasteiger partial charge in [0.1, 0.15) is 0 Å². The highest BCUT2D eigenvalue weighted by molar-refractivity contribution is 9.10. The Kier molecular flexibility index (Phi) is 5.86. The van der Waals surface area contributed by atoms with Gasteiger partial charge in [0.05, 0.1) is 5.56 Å². The van der Waals surface area contributed by atoms with Gasteiger partial charge in [-0.2, -0.15) is 0 Å². The molecule has 1 amide bonds. The van der Waals surface area contributed by atoms with E-state index in [9.17, 15) is 4.79 Å². The van der Waals surface area contributed by atoms with Crippen LogP contribution in [0.3, 0.4) is 0 Å². The molecule has 0 spiro atoms. The number of halogens is 1. The smallest absolute Gasteiger partial charge is 0.252 e. The highest BCUT2D eigenvalue weighted by Crippen LogP contribution is 2.18. The molecule has 0 saturated carbocycles. The largest absolute Gasteiger partial charge is 0.350 e. The summed E-state index contributed by atoms with van der Waals surface area (Å²) >= 11 is 3.42. The Hall–Kier alpha value is -0.830. The van der Waals surface area contributed by atoms with Crippen molar-refractivity contribution >= 4 is 21.8 Å². The lowest BCUT2D eigenvalue weighted by molar-refractivity contribution is 0.0934. The quantitative estimate of drug-likeness (QED) is 0.862. The van der Waals surface area contributed by atoms with Crippen LogP contribution < -0.4 is 5.32 Å². The average Bonchev–Trinajstić information content (AvgIpc) is 2.31. The second kappa shape index (κ2) is 6.93. The molecule has 2 nitrogen and oxygen atoms in total. The van der Waals surface area contributed by atoms with E-state index in [1.54, 1.807) is 0 Å². The maximum absolute atomic E-state index is 12.2. The van der Waals surface area contributed by atoms with Crippen molar-refractivity contribution in [3.05, 3.63) is 33.8 Å². The Labute approximate surface area is 118 Å². The van der Waals surface area contributed by atoms with Gasteiger partial charge in [-0.3, -0.25) is 4.79 Å². The Morgan fingerprint density at radius 3 is 2.67 bits per heavy atom. The first-order chi connectivity index (χ1) is 8.43. The highest BCUT2D eigenvalue weighted by Gasteiger charge is 2.14. The lowest BCUT2D eigenvalue weighted by Crippen LogP contribution is -2.33. The van der Waals surface area contributed by atoms with E-state index in [4.69, 9.17) is 0 Å². The summed E-state index contributed by atoms with van der Waals surface area (Å²) in [6, 6.07) is 6.03. The molecule has 1 N–H and O–H groups in total. The first-order valence-electron chi connectivity index (χ1n) is 6.51. The topological polar surface area (TPSA) is 29.1 Å². The number of aryl methyl sites for hydroxylation is 1. The van der Waals surface area contributed by atoms with Gasteiger partial charge in [-0.15, -0.1) is 0 Å². The van der Waals surface area contributed by atoms with Gasteiger partial charge in [0.2, 0.25) is 0 Å². The zero-order valence-corrected chi connectivity index (χ0v) is 13.2. The number of hydrogen-bond acceptors (Lipinski definition) is 1. The van der Waals surface area contributed by atoms with Crippen LogP contribution >= 0.6 is 15.9 Å². The third kappa shape index (κ3) is 4.45. The Morgan fingerprint density at radius 1 is 1.39 bits per heavy atom. The fourth-order valence-electron chi connectivity index (χ4n) is 1.94. The van der Waals surface area contributed by atoms with E-state index in [1.165, 1.54) is 0 Å². The molecule has 2 atom stereocenters. The molecule has 100 valence electrons. The first kappa shape index (κ1) is 15.2. The summed E-state index contributed by atoms with van der Waals surface area (Å²) in [6.45, 7) is 8.45. The number of carbonyl (C=O) groups is 1. The van der Waals surface area contributed by atoms with E-state index in [0.717, 1.165) is 22.9 Å². The van der Waals surface area contributed by atoms with Crippen molar-refractivity contribution in [3.63, 3.8) is 0 Å². The predicted molar refractivity (Wildman–Crippen MR) is 79.9 cm³/mol. The summed E-state index contributed by atoms with van der Waals surface area (Å²) in [7, 11) is 0. The molecule has 0 aliphatic rings. The van der Waals surface area contributed by atoms with Crippen LogP contribution in [0.15, 0.2) is 22.7 Å². The van der Waals surface area contributed by atoms with Crippen LogP contribution in [0.4, 0.5) is 0 Å². The molecule has 2 unspecified atom stereocenters. The molecular weight excluding hydrogens is 290 g/mol. The van der Waals surface area contributed by atoms with E-state index in [1.807, 2.05) is 25.1 Å². The predicted octanol–water partition coefficient (Wildman–Crippen LogP) is 4.31. The van der Waals surface area contributed by atoms with Crippen molar-refractivity contribution < 1.29 is 4.79 Å². The van der Waals surface area contributed by atoms with Gasteiger partial charge in [0.25, 0.3) is 5.91 Å². The van der Waals surface area contributed by atoms with E-state index >= 15 is 0 Å². The summed E-state index contributed by atoms with van der Waals surface area (Å²) in [5.41, 5.74) is 1.81. The molecule has 1 rings (SSSR count). The monoisotopic (exact) mass is 311 g/mol. The minimum absolute atomic E-state index is 0.00128. The molecule has 1 aromatic carbocycles. The number of amides is 1. The summed E-state index contributed by atoms with van der Waals surface area (Å²) in [6.07, 6.45) is 2.17. The van der Waals surface area contributed by atoms with Gasteiger partial charge in [0.15, 0.2) is 0 Å². The second-order valence-electron chi connectivity index (χ2n) is 5.11. The van der Waals surface area contributed by atoms with E-state index in [0.29, 0.717) is 11.5 Å². The average molecular weight is 312 g/mol. The molecule has 3 heteroatoms. The van der Waals surface area contributed by atoms with Crippen LogP contribution in [0.2, 0.25) is 0 Å². The van der Waals surface area contributed by atoms with Crippen molar-refractivity contribution in [2.45, 2.75) is 46.6 Å². The van der Waals surface area contributed by atoms with Crippen LogP contribution in [0, 0.1) is 12.8 Å². The standard InChI is InChI=1S/C15H22BrNO/c1-5-10(2)8-12(4)17-15(18)13-9-11(3)6-7-14(13)16/h6-7,9-10,12H,5,8H2,1-4H3,(H,17,18). The van der Waals surface area contributed by atoms with Crippen LogP contribution in [0.1, 0.15) is 49.5 Å². The summed E-state index contributed by atoms with van der Waals surface area (Å²) in [5.74, 6) is 0.641. The minimum Gasteiger partial charge on any atom is -0.350 e. The van der Waals surface area contributed by atoms with Crippen molar-refractivity contribution in [1.29, 1.82) is 0 Å². The van der Waals surface area contributed by atoms with Gasteiger partial charge in [-0.25, -0.2) is 0 Å². The Bertz CT molecular complexity index is 417. The van der Waals surface area contributed by atoms with Gasteiger partial charge in [-0.05, 0) is 54.2 Å². The fourth-order valence-corrected chi connectivity index (χ4v) is 2.37. The van der Waals surface area contributed by atoms with Gasteiger partial charge >= 0.3 is 0 Å². The molecule has 0 fully saturated rings. The molecule has 18 heavy (non-hydrogen) atoms. The number of hydrogen-bond donors (Lipinski definition) is 1. The van der Waals surface area contributed by atoms with Crippen molar-refractivity contribution in [3.8, 4) is 0 Å². The number of benzene rings is 1. The van der Waals surface area contributed by atoms with Gasteiger partial charge < -0.3 is 5.32 Å². The number of carbonyl (C=O) groups excluding carboxylic acids is 1. The summed E-state index contributed by atoms with van der Waals surface area (Å²) in [4.78, 5) is 12.2. The van der Waals surface area contributed by atoms with Crippen LogP contribution in [0.25, 0.3) is 0 Å². The number of nitrogens with one attached hydrogen (secondary N) is 1. The minimum atomic E-state index is 0.00128. The second-order valence-corrected chi connectivity index (χ2v) is 5.96. The molecule has 0 aliphatic heterocycles. The SMILES string of the molecule is CCC(C)CC(C)NC(=O)c1cc(C)ccc1Br. The van der Waals surface area contributed by atoms with Crippen molar-refractivity contribution in [1.82, 2.24) is 5.32 Å². The summed E-state index contributed by atoms with van der Waals surface area (Å²) in [5, 5.41) is 3.06. The molecule has 0 aromatic heterocycles. The van der Waals surface area contributed by atoms with Crippen LogP contribution in [0.5, 0.6) is 0 Å². The Morgan fingerprint density at radius 2 is 2.06 bits per heavy atom. The maximum Gasteiger partial charge on any atom is 0.252 e. The molecule has 0 heterocycles. The zero-order chi connectivity index (χ0) is 13.7. The highest BCUT2D eigenvalue weighted by atomic mass is 79.9. The number of rotatable bonds is 5. The normalized spacial score (nSPS) is 14.1. The first-order valence-corrected chi connectivity index (χ1v) is 7.30. The molecular formula is C15H22BrNO. The fraction of sp³-hybridized carbons (Fsp3) is 0.533. The van der Waals surface area contributed by atoms with Crippen molar-refractivity contribution in [2.75, 3.05) is 0 Å². The molecule has 0 bridgehead atoms.